The van der Waals surface area contributed by atoms with Crippen molar-refractivity contribution in [1.29, 1.82) is 0 Å². The van der Waals surface area contributed by atoms with Crippen molar-refractivity contribution in [3.8, 4) is 0 Å². The van der Waals surface area contributed by atoms with Gasteiger partial charge in [-0.05, 0) is 44.9 Å². The highest BCUT2D eigenvalue weighted by Gasteiger charge is 2.30. The van der Waals surface area contributed by atoms with Crippen LogP contribution in [0, 0.1) is 5.92 Å². The minimum atomic E-state index is -0.672. The lowest BCUT2D eigenvalue weighted by Gasteiger charge is -2.20. The summed E-state index contributed by atoms with van der Waals surface area (Å²) in [7, 11) is 0. The highest BCUT2D eigenvalue weighted by Crippen LogP contribution is 2.30. The third kappa shape index (κ3) is 2.55. The van der Waals surface area contributed by atoms with Gasteiger partial charge in [0.1, 0.15) is 12.1 Å². The van der Waals surface area contributed by atoms with E-state index in [1.165, 1.54) is 18.4 Å². The third-order valence-electron chi connectivity index (χ3n) is 4.25. The Morgan fingerprint density at radius 2 is 2.11 bits per heavy atom. The minimum Gasteiger partial charge on any atom is -0.481 e. The quantitative estimate of drug-likeness (QED) is 0.870. The first-order valence-corrected chi connectivity index (χ1v) is 7.06. The lowest BCUT2D eigenvalue weighted by Crippen LogP contribution is -2.21. The number of carbonyl (C=O) groups is 1. The molecule has 5 heteroatoms. The molecule has 2 aliphatic rings. The maximum atomic E-state index is 11.0. The van der Waals surface area contributed by atoms with Gasteiger partial charge < -0.3 is 10.4 Å². The molecular formula is C14H19N3O2. The zero-order valence-corrected chi connectivity index (χ0v) is 10.9. The van der Waals surface area contributed by atoms with Gasteiger partial charge in [0.25, 0.3) is 0 Å². The standard InChI is InChI=1S/C14H19N3O2/c18-14(19)9-5-6-10(7-9)17-13-11-3-1-2-4-12(11)15-8-16-13/h8-10H,1-7H2,(H,18,19)(H,15,16,17)/t9-,10+/m1/s1. The van der Waals surface area contributed by atoms with Crippen LogP contribution in [-0.2, 0) is 17.6 Å². The molecule has 2 aliphatic carbocycles. The molecule has 3 rings (SSSR count). The maximum Gasteiger partial charge on any atom is 0.306 e. The minimum absolute atomic E-state index is 0.199. The topological polar surface area (TPSA) is 75.1 Å². The normalized spacial score (nSPS) is 25.9. The van der Waals surface area contributed by atoms with Crippen molar-refractivity contribution in [3.05, 3.63) is 17.6 Å². The summed E-state index contributed by atoms with van der Waals surface area (Å²) < 4.78 is 0. The summed E-state index contributed by atoms with van der Waals surface area (Å²) in [5.41, 5.74) is 2.41. The molecule has 0 unspecified atom stereocenters. The van der Waals surface area contributed by atoms with Gasteiger partial charge in [0.05, 0.1) is 5.92 Å². The van der Waals surface area contributed by atoms with E-state index in [0.29, 0.717) is 6.42 Å². The molecule has 0 amide bonds. The van der Waals surface area contributed by atoms with E-state index in [1.807, 2.05) is 0 Å². The van der Waals surface area contributed by atoms with Crippen molar-refractivity contribution in [3.63, 3.8) is 0 Å². The highest BCUT2D eigenvalue weighted by atomic mass is 16.4. The number of aliphatic carboxylic acids is 1. The molecule has 1 heterocycles. The Hall–Kier alpha value is -1.65. The van der Waals surface area contributed by atoms with Gasteiger partial charge >= 0.3 is 5.97 Å². The molecule has 0 spiro atoms. The molecule has 2 N–H and O–H groups in total. The largest absolute Gasteiger partial charge is 0.481 e. The van der Waals surface area contributed by atoms with E-state index in [4.69, 9.17) is 5.11 Å². The second-order valence-corrected chi connectivity index (χ2v) is 5.54. The van der Waals surface area contributed by atoms with E-state index >= 15 is 0 Å². The molecule has 0 bridgehead atoms. The molecule has 1 fully saturated rings. The second-order valence-electron chi connectivity index (χ2n) is 5.54. The Morgan fingerprint density at radius 1 is 1.26 bits per heavy atom. The van der Waals surface area contributed by atoms with Crippen LogP contribution in [0.25, 0.3) is 0 Å². The van der Waals surface area contributed by atoms with Crippen molar-refractivity contribution in [2.24, 2.45) is 5.92 Å². The molecular weight excluding hydrogens is 242 g/mol. The van der Waals surface area contributed by atoms with Crippen molar-refractivity contribution in [2.75, 3.05) is 5.32 Å². The number of aryl methyl sites for hydroxylation is 1. The molecule has 0 radical (unpaired) electrons. The first-order valence-electron chi connectivity index (χ1n) is 7.06. The number of carboxylic acids is 1. The Bertz CT molecular complexity index is 490. The lowest BCUT2D eigenvalue weighted by molar-refractivity contribution is -0.141. The number of hydrogen-bond acceptors (Lipinski definition) is 4. The van der Waals surface area contributed by atoms with Crippen molar-refractivity contribution < 1.29 is 9.90 Å². The molecule has 1 aromatic heterocycles. The number of carboxylic acid groups (broad SMARTS) is 1. The smallest absolute Gasteiger partial charge is 0.306 e. The number of fused-ring (bicyclic) bond motifs is 1. The van der Waals surface area contributed by atoms with Crippen molar-refractivity contribution in [2.45, 2.75) is 51.0 Å². The summed E-state index contributed by atoms with van der Waals surface area (Å²) >= 11 is 0. The lowest BCUT2D eigenvalue weighted by atomic mass is 9.96. The summed E-state index contributed by atoms with van der Waals surface area (Å²) in [4.78, 5) is 19.7. The van der Waals surface area contributed by atoms with Gasteiger partial charge in [-0.25, -0.2) is 9.97 Å². The van der Waals surface area contributed by atoms with Crippen molar-refractivity contribution in [1.82, 2.24) is 9.97 Å². The van der Waals surface area contributed by atoms with Crippen LogP contribution in [0.1, 0.15) is 43.4 Å². The van der Waals surface area contributed by atoms with E-state index in [-0.39, 0.29) is 12.0 Å². The highest BCUT2D eigenvalue weighted by molar-refractivity contribution is 5.70. The average molecular weight is 261 g/mol. The molecule has 2 atom stereocenters. The van der Waals surface area contributed by atoms with E-state index in [9.17, 15) is 4.79 Å². The molecule has 1 saturated carbocycles. The Balaban J connectivity index is 1.72. The van der Waals surface area contributed by atoms with Gasteiger partial charge in [-0.3, -0.25) is 4.79 Å². The summed E-state index contributed by atoms with van der Waals surface area (Å²) in [6.07, 6.45) is 8.47. The number of nitrogens with zero attached hydrogens (tertiary/aromatic N) is 2. The monoisotopic (exact) mass is 261 g/mol. The Kier molecular flexibility index (Phi) is 3.36. The molecule has 0 aromatic carbocycles. The zero-order chi connectivity index (χ0) is 13.2. The van der Waals surface area contributed by atoms with Gasteiger partial charge in [0, 0.05) is 17.3 Å². The van der Waals surface area contributed by atoms with E-state index in [0.717, 1.165) is 37.2 Å². The predicted octanol–water partition coefficient (Wildman–Crippen LogP) is 2.02. The zero-order valence-electron chi connectivity index (χ0n) is 10.9. The first kappa shape index (κ1) is 12.4. The van der Waals surface area contributed by atoms with Gasteiger partial charge in [0.15, 0.2) is 0 Å². The van der Waals surface area contributed by atoms with Crippen LogP contribution in [0.2, 0.25) is 0 Å². The molecule has 0 aliphatic heterocycles. The van der Waals surface area contributed by atoms with Gasteiger partial charge in [-0.15, -0.1) is 0 Å². The average Bonchev–Trinajstić information content (AvgIpc) is 2.88. The SMILES string of the molecule is O=C(O)[C@@H]1CC[C@H](Nc2ncnc3c2CCCC3)C1. The second kappa shape index (κ2) is 5.15. The fourth-order valence-corrected chi connectivity index (χ4v) is 3.18. The molecule has 0 saturated heterocycles. The first-order chi connectivity index (χ1) is 9.24. The summed E-state index contributed by atoms with van der Waals surface area (Å²) in [6.45, 7) is 0. The van der Waals surface area contributed by atoms with Crippen LogP contribution in [0.15, 0.2) is 6.33 Å². The maximum absolute atomic E-state index is 11.0. The number of anilines is 1. The van der Waals surface area contributed by atoms with Crippen LogP contribution >= 0.6 is 0 Å². The fourth-order valence-electron chi connectivity index (χ4n) is 3.18. The summed E-state index contributed by atoms with van der Waals surface area (Å²) in [6, 6.07) is 0.238. The molecule has 1 aromatic rings. The molecule has 102 valence electrons. The number of aromatic nitrogens is 2. The van der Waals surface area contributed by atoms with Gasteiger partial charge in [-0.2, -0.15) is 0 Å². The summed E-state index contributed by atoms with van der Waals surface area (Å²) in [5, 5.41) is 12.5. The number of nitrogens with one attached hydrogen (secondary N) is 1. The molecule has 19 heavy (non-hydrogen) atoms. The Labute approximate surface area is 112 Å². The fraction of sp³-hybridized carbons (Fsp3) is 0.643. The van der Waals surface area contributed by atoms with Crippen LogP contribution in [0.3, 0.4) is 0 Å². The van der Waals surface area contributed by atoms with E-state index in [1.54, 1.807) is 6.33 Å². The van der Waals surface area contributed by atoms with Gasteiger partial charge in [-0.1, -0.05) is 0 Å². The van der Waals surface area contributed by atoms with Crippen LogP contribution in [0.4, 0.5) is 5.82 Å². The van der Waals surface area contributed by atoms with E-state index < -0.39 is 5.97 Å². The van der Waals surface area contributed by atoms with Crippen LogP contribution in [-0.4, -0.2) is 27.1 Å². The molecule has 5 nitrogen and oxygen atoms in total. The van der Waals surface area contributed by atoms with Crippen LogP contribution in [0.5, 0.6) is 0 Å². The van der Waals surface area contributed by atoms with Crippen LogP contribution < -0.4 is 5.32 Å². The summed E-state index contributed by atoms with van der Waals surface area (Å²) in [5.74, 6) is 0.0601. The van der Waals surface area contributed by atoms with Crippen molar-refractivity contribution >= 4 is 11.8 Å². The van der Waals surface area contributed by atoms with E-state index in [2.05, 4.69) is 15.3 Å². The number of hydrogen-bond donors (Lipinski definition) is 2. The predicted molar refractivity (Wildman–Crippen MR) is 71.1 cm³/mol. The number of rotatable bonds is 3. The van der Waals surface area contributed by atoms with Gasteiger partial charge in [0.2, 0.25) is 0 Å². The third-order valence-corrected chi connectivity index (χ3v) is 4.25. The Morgan fingerprint density at radius 3 is 2.89 bits per heavy atom.